The molecule has 0 aliphatic rings. The first-order valence-electron chi connectivity index (χ1n) is 9.75. The molecular formula is C22H22ClN7O. The Morgan fingerprint density at radius 2 is 2.00 bits per heavy atom. The molecule has 0 radical (unpaired) electrons. The summed E-state index contributed by atoms with van der Waals surface area (Å²) in [6, 6.07) is 9.57. The van der Waals surface area contributed by atoms with Gasteiger partial charge in [-0.05, 0) is 54.8 Å². The maximum Gasteiger partial charge on any atom is 0.289 e. The Morgan fingerprint density at radius 1 is 1.19 bits per heavy atom. The van der Waals surface area contributed by atoms with Crippen molar-refractivity contribution in [3.63, 3.8) is 0 Å². The quantitative estimate of drug-likeness (QED) is 0.498. The minimum Gasteiger partial charge on any atom is -0.384 e. The number of rotatable bonds is 5. The van der Waals surface area contributed by atoms with Crippen molar-refractivity contribution in [2.75, 3.05) is 5.73 Å². The van der Waals surface area contributed by atoms with Crippen molar-refractivity contribution in [1.29, 1.82) is 0 Å². The zero-order valence-corrected chi connectivity index (χ0v) is 18.2. The Bertz CT molecular complexity index is 1280. The number of anilines is 1. The Kier molecular flexibility index (Phi) is 5.56. The molecule has 3 heterocycles. The highest BCUT2D eigenvalue weighted by Gasteiger charge is 2.17. The number of pyridine rings is 2. The van der Waals surface area contributed by atoms with Gasteiger partial charge < -0.3 is 11.1 Å². The molecular weight excluding hydrogens is 414 g/mol. The predicted molar refractivity (Wildman–Crippen MR) is 120 cm³/mol. The highest BCUT2D eigenvalue weighted by molar-refractivity contribution is 6.31. The van der Waals surface area contributed by atoms with Gasteiger partial charge in [0.2, 0.25) is 5.82 Å². The van der Waals surface area contributed by atoms with Gasteiger partial charge in [-0.1, -0.05) is 17.7 Å². The lowest BCUT2D eigenvalue weighted by molar-refractivity contribution is 0.0936. The second-order valence-electron chi connectivity index (χ2n) is 7.44. The minimum atomic E-state index is -0.300. The average Bonchev–Trinajstić information content (AvgIpc) is 3.06. The van der Waals surface area contributed by atoms with Gasteiger partial charge >= 0.3 is 0 Å². The topological polar surface area (TPSA) is 112 Å². The molecule has 4 rings (SSSR count). The molecule has 0 bridgehead atoms. The van der Waals surface area contributed by atoms with Gasteiger partial charge in [-0.2, -0.15) is 5.10 Å². The molecule has 0 saturated heterocycles. The number of carbonyl (C=O) groups excluding carboxylic acids is 1. The van der Waals surface area contributed by atoms with Crippen LogP contribution in [0.5, 0.6) is 0 Å². The number of benzene rings is 1. The molecule has 0 spiro atoms. The number of carbonyl (C=O) groups is 1. The molecule has 0 unspecified atom stereocenters. The van der Waals surface area contributed by atoms with Crippen molar-refractivity contribution in [2.24, 2.45) is 7.05 Å². The van der Waals surface area contributed by atoms with Crippen LogP contribution in [0.25, 0.3) is 10.9 Å². The van der Waals surface area contributed by atoms with E-state index >= 15 is 0 Å². The van der Waals surface area contributed by atoms with E-state index in [1.807, 2.05) is 38.1 Å². The van der Waals surface area contributed by atoms with Crippen LogP contribution in [0, 0.1) is 13.8 Å². The van der Waals surface area contributed by atoms with Gasteiger partial charge in [-0.3, -0.25) is 9.78 Å². The van der Waals surface area contributed by atoms with Gasteiger partial charge in [0, 0.05) is 37.3 Å². The van der Waals surface area contributed by atoms with Gasteiger partial charge in [-0.25, -0.2) is 14.6 Å². The highest BCUT2D eigenvalue weighted by Crippen LogP contribution is 2.19. The van der Waals surface area contributed by atoms with Crippen LogP contribution in [0.2, 0.25) is 5.02 Å². The Morgan fingerprint density at radius 3 is 2.77 bits per heavy atom. The van der Waals surface area contributed by atoms with E-state index in [-0.39, 0.29) is 11.7 Å². The monoisotopic (exact) mass is 435 g/mol. The summed E-state index contributed by atoms with van der Waals surface area (Å²) in [5.74, 6) is 0.976. The maximum atomic E-state index is 12.7. The number of nitrogens with one attached hydrogen (secondary N) is 1. The fourth-order valence-electron chi connectivity index (χ4n) is 3.56. The summed E-state index contributed by atoms with van der Waals surface area (Å²) in [6.45, 7) is 4.15. The molecule has 4 aromatic rings. The summed E-state index contributed by atoms with van der Waals surface area (Å²) in [5.41, 5.74) is 10.4. The molecule has 3 N–H and O–H groups in total. The van der Waals surface area contributed by atoms with Crippen LogP contribution in [-0.2, 0) is 20.0 Å². The Labute approximate surface area is 184 Å². The summed E-state index contributed by atoms with van der Waals surface area (Å²) >= 11 is 6.05. The molecule has 0 atom stereocenters. The number of amides is 1. The zero-order chi connectivity index (χ0) is 22.1. The van der Waals surface area contributed by atoms with Crippen molar-refractivity contribution in [3.8, 4) is 0 Å². The Hall–Kier alpha value is -3.52. The number of nitrogen functional groups attached to an aromatic ring is 1. The molecule has 0 fully saturated rings. The second-order valence-corrected chi connectivity index (χ2v) is 7.88. The average molecular weight is 436 g/mol. The second kappa shape index (κ2) is 8.31. The first-order chi connectivity index (χ1) is 14.8. The van der Waals surface area contributed by atoms with Gasteiger partial charge in [0.25, 0.3) is 5.91 Å². The van der Waals surface area contributed by atoms with Gasteiger partial charge in [0.05, 0.1) is 10.5 Å². The molecule has 0 saturated carbocycles. The van der Waals surface area contributed by atoms with E-state index in [0.29, 0.717) is 29.6 Å². The van der Waals surface area contributed by atoms with Crippen molar-refractivity contribution in [3.05, 3.63) is 75.6 Å². The highest BCUT2D eigenvalue weighted by atomic mass is 35.5. The summed E-state index contributed by atoms with van der Waals surface area (Å²) in [5, 5.41) is 8.83. The lowest BCUT2D eigenvalue weighted by Gasteiger charge is -2.11. The molecule has 158 valence electrons. The third-order valence-electron chi connectivity index (χ3n) is 5.08. The smallest absolute Gasteiger partial charge is 0.289 e. The fourth-order valence-corrected chi connectivity index (χ4v) is 3.73. The predicted octanol–water partition coefficient (Wildman–Crippen LogP) is 3.13. The number of aryl methyl sites for hydroxylation is 3. The number of nitrogens with zero attached hydrogens (tertiary/aromatic N) is 5. The number of hydrogen-bond donors (Lipinski definition) is 2. The number of hydrogen-bond acceptors (Lipinski definition) is 6. The molecule has 8 nitrogen and oxygen atoms in total. The molecule has 0 aliphatic heterocycles. The Balaban J connectivity index is 1.49. The molecule has 1 amide bonds. The van der Waals surface area contributed by atoms with Crippen molar-refractivity contribution in [1.82, 2.24) is 30.0 Å². The van der Waals surface area contributed by atoms with E-state index in [1.165, 1.54) is 4.68 Å². The first-order valence-corrected chi connectivity index (χ1v) is 10.1. The normalized spacial score (nSPS) is 11.1. The lowest BCUT2D eigenvalue weighted by atomic mass is 10.1. The van der Waals surface area contributed by atoms with Gasteiger partial charge in [0.15, 0.2) is 5.82 Å². The first kappa shape index (κ1) is 20.7. The molecule has 9 heteroatoms. The third-order valence-corrected chi connectivity index (χ3v) is 5.29. The van der Waals surface area contributed by atoms with Gasteiger partial charge in [-0.15, -0.1) is 0 Å². The largest absolute Gasteiger partial charge is 0.384 e. The van der Waals surface area contributed by atoms with E-state index in [2.05, 4.69) is 25.4 Å². The number of fused-ring (bicyclic) bond motifs is 1. The molecule has 3 aromatic heterocycles. The molecule has 31 heavy (non-hydrogen) atoms. The van der Waals surface area contributed by atoms with Gasteiger partial charge in [0.1, 0.15) is 5.82 Å². The van der Waals surface area contributed by atoms with Crippen LogP contribution in [0.15, 0.2) is 36.5 Å². The number of halogens is 1. The molecule has 1 aromatic carbocycles. The van der Waals surface area contributed by atoms with E-state index in [4.69, 9.17) is 17.3 Å². The fraction of sp³-hybridized carbons (Fsp3) is 0.227. The van der Waals surface area contributed by atoms with Crippen LogP contribution in [0.4, 0.5) is 5.82 Å². The summed E-state index contributed by atoms with van der Waals surface area (Å²) < 4.78 is 1.49. The van der Waals surface area contributed by atoms with Crippen LogP contribution in [0.1, 0.15) is 38.8 Å². The van der Waals surface area contributed by atoms with Crippen LogP contribution in [0.3, 0.4) is 0 Å². The van der Waals surface area contributed by atoms with Crippen LogP contribution in [-0.4, -0.2) is 30.6 Å². The minimum absolute atomic E-state index is 0.249. The van der Waals surface area contributed by atoms with E-state index in [1.54, 1.807) is 19.3 Å². The summed E-state index contributed by atoms with van der Waals surface area (Å²) in [6.07, 6.45) is 2.11. The van der Waals surface area contributed by atoms with E-state index < -0.39 is 0 Å². The standard InChI is InChI=1S/C22H22ClN7O/c1-12-6-19(24)27-13(2)17(12)11-26-22(31)21-28-20(29-30(21)3)8-14-4-5-18-15(7-14)9-16(23)10-25-18/h4-7,9-10H,8,11H2,1-3H3,(H2,24,27)(H,26,31). The number of nitrogens with two attached hydrogens (primary N) is 1. The lowest BCUT2D eigenvalue weighted by Crippen LogP contribution is -2.27. The van der Waals surface area contributed by atoms with Crippen molar-refractivity contribution >= 4 is 34.2 Å². The maximum absolute atomic E-state index is 12.7. The summed E-state index contributed by atoms with van der Waals surface area (Å²) in [4.78, 5) is 25.7. The van der Waals surface area contributed by atoms with E-state index in [0.717, 1.165) is 33.3 Å². The zero-order valence-electron chi connectivity index (χ0n) is 17.5. The van der Waals surface area contributed by atoms with Crippen molar-refractivity contribution < 1.29 is 4.79 Å². The van der Waals surface area contributed by atoms with E-state index in [9.17, 15) is 4.79 Å². The molecule has 0 aliphatic carbocycles. The van der Waals surface area contributed by atoms with Crippen LogP contribution >= 0.6 is 11.6 Å². The van der Waals surface area contributed by atoms with Crippen molar-refractivity contribution in [2.45, 2.75) is 26.8 Å². The number of aromatic nitrogens is 5. The third kappa shape index (κ3) is 4.49. The summed E-state index contributed by atoms with van der Waals surface area (Å²) in [7, 11) is 1.71. The SMILES string of the molecule is Cc1cc(N)nc(C)c1CNC(=O)c1nc(Cc2ccc3ncc(Cl)cc3c2)nn1C. The van der Waals surface area contributed by atoms with Crippen LogP contribution < -0.4 is 11.1 Å².